The maximum atomic E-state index is 5.30. The third-order valence-corrected chi connectivity index (χ3v) is 3.04. The standard InChI is InChI=1S/C13H15N3O/c1-3-11-15-13(17-16-11)10-7-4-8(2)14-12(10)9-5-6-9/h4,7,9H,3,5-6H2,1-2H3. The van der Waals surface area contributed by atoms with E-state index in [0.29, 0.717) is 11.8 Å². The Morgan fingerprint density at radius 1 is 1.29 bits per heavy atom. The molecule has 4 nitrogen and oxygen atoms in total. The molecule has 0 radical (unpaired) electrons. The summed E-state index contributed by atoms with van der Waals surface area (Å²) in [6, 6.07) is 4.04. The van der Waals surface area contributed by atoms with Crippen molar-refractivity contribution in [3.05, 3.63) is 29.3 Å². The third kappa shape index (κ3) is 1.95. The van der Waals surface area contributed by atoms with Crippen molar-refractivity contribution < 1.29 is 4.52 Å². The smallest absolute Gasteiger partial charge is 0.259 e. The van der Waals surface area contributed by atoms with E-state index in [2.05, 4.69) is 15.1 Å². The van der Waals surface area contributed by atoms with Gasteiger partial charge in [0.2, 0.25) is 0 Å². The van der Waals surface area contributed by atoms with Crippen LogP contribution in [0.1, 0.15) is 42.9 Å². The number of pyridine rings is 1. The number of rotatable bonds is 3. The lowest BCUT2D eigenvalue weighted by Crippen LogP contribution is -1.94. The molecule has 2 aromatic heterocycles. The normalized spacial score (nSPS) is 15.2. The predicted octanol–water partition coefficient (Wildman–Crippen LogP) is 2.88. The van der Waals surface area contributed by atoms with Crippen molar-refractivity contribution in [3.63, 3.8) is 0 Å². The Labute approximate surface area is 100 Å². The summed E-state index contributed by atoms with van der Waals surface area (Å²) in [4.78, 5) is 9.00. The van der Waals surface area contributed by atoms with Gasteiger partial charge in [-0.2, -0.15) is 4.98 Å². The van der Waals surface area contributed by atoms with E-state index in [4.69, 9.17) is 4.52 Å². The first-order valence-corrected chi connectivity index (χ1v) is 6.08. The average Bonchev–Trinajstić information content (AvgIpc) is 3.08. The summed E-state index contributed by atoms with van der Waals surface area (Å²) in [7, 11) is 0. The van der Waals surface area contributed by atoms with Crippen LogP contribution < -0.4 is 0 Å². The van der Waals surface area contributed by atoms with Crippen molar-refractivity contribution in [2.75, 3.05) is 0 Å². The van der Waals surface area contributed by atoms with Crippen molar-refractivity contribution in [1.82, 2.24) is 15.1 Å². The maximum absolute atomic E-state index is 5.30. The summed E-state index contributed by atoms with van der Waals surface area (Å²) in [5.74, 6) is 1.94. The van der Waals surface area contributed by atoms with Gasteiger partial charge in [0.05, 0.1) is 11.3 Å². The van der Waals surface area contributed by atoms with Gasteiger partial charge in [0.1, 0.15) is 0 Å². The minimum atomic E-state index is 0.585. The number of hydrogen-bond donors (Lipinski definition) is 0. The van der Waals surface area contributed by atoms with Crippen molar-refractivity contribution in [1.29, 1.82) is 0 Å². The SMILES string of the molecule is CCc1noc(-c2ccc(C)nc2C2CC2)n1. The van der Waals surface area contributed by atoms with Gasteiger partial charge in [-0.05, 0) is 31.9 Å². The molecule has 0 amide bonds. The van der Waals surface area contributed by atoms with Crippen LogP contribution in [0.4, 0.5) is 0 Å². The molecular formula is C13H15N3O. The molecule has 0 N–H and O–H groups in total. The van der Waals surface area contributed by atoms with E-state index in [0.717, 1.165) is 29.2 Å². The van der Waals surface area contributed by atoms with E-state index < -0.39 is 0 Å². The van der Waals surface area contributed by atoms with Crippen molar-refractivity contribution >= 4 is 0 Å². The fourth-order valence-electron chi connectivity index (χ4n) is 1.93. The minimum absolute atomic E-state index is 0.585. The molecule has 0 unspecified atom stereocenters. The molecule has 1 aliphatic carbocycles. The molecule has 2 heterocycles. The molecule has 0 atom stereocenters. The highest BCUT2D eigenvalue weighted by molar-refractivity contribution is 5.58. The summed E-state index contributed by atoms with van der Waals surface area (Å²) in [6.07, 6.45) is 3.23. The number of aromatic nitrogens is 3. The molecule has 1 fully saturated rings. The first-order valence-electron chi connectivity index (χ1n) is 6.08. The second-order valence-electron chi connectivity index (χ2n) is 4.53. The van der Waals surface area contributed by atoms with Gasteiger partial charge in [0.25, 0.3) is 5.89 Å². The molecule has 0 aromatic carbocycles. The van der Waals surface area contributed by atoms with Gasteiger partial charge >= 0.3 is 0 Å². The zero-order chi connectivity index (χ0) is 11.8. The highest BCUT2D eigenvalue weighted by Crippen LogP contribution is 2.43. The van der Waals surface area contributed by atoms with E-state index in [1.165, 1.54) is 12.8 Å². The largest absolute Gasteiger partial charge is 0.334 e. The second-order valence-corrected chi connectivity index (χ2v) is 4.53. The van der Waals surface area contributed by atoms with Gasteiger partial charge in [-0.3, -0.25) is 4.98 Å². The Bertz CT molecular complexity index is 543. The molecule has 0 aliphatic heterocycles. The number of hydrogen-bond acceptors (Lipinski definition) is 4. The Balaban J connectivity index is 2.06. The Morgan fingerprint density at radius 2 is 2.12 bits per heavy atom. The van der Waals surface area contributed by atoms with Crippen LogP contribution in [0.15, 0.2) is 16.7 Å². The average molecular weight is 229 g/mol. The van der Waals surface area contributed by atoms with Gasteiger partial charge < -0.3 is 4.52 Å². The van der Waals surface area contributed by atoms with Gasteiger partial charge in [-0.1, -0.05) is 12.1 Å². The van der Waals surface area contributed by atoms with Gasteiger partial charge in [-0.15, -0.1) is 0 Å². The highest BCUT2D eigenvalue weighted by atomic mass is 16.5. The first-order chi connectivity index (χ1) is 8.28. The van der Waals surface area contributed by atoms with Crippen molar-refractivity contribution in [3.8, 4) is 11.5 Å². The van der Waals surface area contributed by atoms with Crippen LogP contribution >= 0.6 is 0 Å². The molecule has 4 heteroatoms. The van der Waals surface area contributed by atoms with E-state index in [9.17, 15) is 0 Å². The van der Waals surface area contributed by atoms with E-state index in [1.54, 1.807) is 0 Å². The zero-order valence-electron chi connectivity index (χ0n) is 10.1. The van der Waals surface area contributed by atoms with Gasteiger partial charge in [-0.25, -0.2) is 0 Å². The van der Waals surface area contributed by atoms with Crippen molar-refractivity contribution in [2.45, 2.75) is 39.0 Å². The quantitative estimate of drug-likeness (QED) is 0.812. The number of aryl methyl sites for hydroxylation is 2. The van der Waals surface area contributed by atoms with E-state index in [-0.39, 0.29) is 0 Å². The van der Waals surface area contributed by atoms with Crippen LogP contribution in [0.5, 0.6) is 0 Å². The monoisotopic (exact) mass is 229 g/mol. The second kappa shape index (κ2) is 3.95. The van der Waals surface area contributed by atoms with Crippen LogP contribution in [0, 0.1) is 6.92 Å². The molecule has 0 saturated heterocycles. The summed E-state index contributed by atoms with van der Waals surface area (Å²) in [6.45, 7) is 4.03. The van der Waals surface area contributed by atoms with Crippen molar-refractivity contribution in [2.24, 2.45) is 0 Å². The summed E-state index contributed by atoms with van der Waals surface area (Å²) < 4.78 is 5.30. The molecule has 1 saturated carbocycles. The minimum Gasteiger partial charge on any atom is -0.334 e. The van der Waals surface area contributed by atoms with Crippen LogP contribution in [0.25, 0.3) is 11.5 Å². The summed E-state index contributed by atoms with van der Waals surface area (Å²) in [5.41, 5.74) is 3.17. The topological polar surface area (TPSA) is 51.8 Å². The molecule has 2 aromatic rings. The molecule has 1 aliphatic rings. The van der Waals surface area contributed by atoms with Crippen LogP contribution in [-0.4, -0.2) is 15.1 Å². The Morgan fingerprint density at radius 3 is 2.76 bits per heavy atom. The van der Waals surface area contributed by atoms with Gasteiger partial charge in [0.15, 0.2) is 5.82 Å². The lowest BCUT2D eigenvalue weighted by atomic mass is 10.1. The third-order valence-electron chi connectivity index (χ3n) is 3.04. The van der Waals surface area contributed by atoms with Crippen LogP contribution in [0.2, 0.25) is 0 Å². The fraction of sp³-hybridized carbons (Fsp3) is 0.462. The maximum Gasteiger partial charge on any atom is 0.259 e. The first kappa shape index (κ1) is 10.4. The lowest BCUT2D eigenvalue weighted by molar-refractivity contribution is 0.422. The molecule has 3 rings (SSSR count). The molecular weight excluding hydrogens is 214 g/mol. The summed E-state index contributed by atoms with van der Waals surface area (Å²) in [5, 5.41) is 3.94. The highest BCUT2D eigenvalue weighted by Gasteiger charge is 2.29. The van der Waals surface area contributed by atoms with Gasteiger partial charge in [0, 0.05) is 18.0 Å². The Kier molecular flexibility index (Phi) is 2.42. The predicted molar refractivity (Wildman–Crippen MR) is 63.6 cm³/mol. The van der Waals surface area contributed by atoms with Crippen LogP contribution in [-0.2, 0) is 6.42 Å². The Hall–Kier alpha value is -1.71. The fourth-order valence-corrected chi connectivity index (χ4v) is 1.93. The molecule has 88 valence electrons. The lowest BCUT2D eigenvalue weighted by Gasteiger charge is -2.04. The zero-order valence-corrected chi connectivity index (χ0v) is 10.1. The molecule has 17 heavy (non-hydrogen) atoms. The summed E-state index contributed by atoms with van der Waals surface area (Å²) >= 11 is 0. The van der Waals surface area contributed by atoms with E-state index >= 15 is 0 Å². The van der Waals surface area contributed by atoms with E-state index in [1.807, 2.05) is 26.0 Å². The number of nitrogens with zero attached hydrogens (tertiary/aromatic N) is 3. The van der Waals surface area contributed by atoms with Crippen LogP contribution in [0.3, 0.4) is 0 Å². The molecule has 0 spiro atoms. The molecule has 0 bridgehead atoms.